The predicted molar refractivity (Wildman–Crippen MR) is 287 cm³/mol. The van der Waals surface area contributed by atoms with Crippen LogP contribution in [-0.4, -0.2) is 47.4 Å². The smallest absolute Gasteiger partial charge is 0.305 e. The predicted octanol–water partition coefficient (Wildman–Crippen LogP) is 18.2. The van der Waals surface area contributed by atoms with E-state index in [-0.39, 0.29) is 18.5 Å². The summed E-state index contributed by atoms with van der Waals surface area (Å²) in [5, 5.41) is 23.1. The summed E-state index contributed by atoms with van der Waals surface area (Å²) in [7, 11) is 0. The van der Waals surface area contributed by atoms with Gasteiger partial charge in [-0.15, -0.1) is 0 Å². The molecule has 0 aromatic heterocycles. The van der Waals surface area contributed by atoms with E-state index in [1.165, 1.54) is 244 Å². The summed E-state index contributed by atoms with van der Waals surface area (Å²) in [6, 6.07) is -0.540. The van der Waals surface area contributed by atoms with Gasteiger partial charge in [-0.05, 0) is 77.0 Å². The van der Waals surface area contributed by atoms with Crippen LogP contribution in [0, 0.1) is 0 Å². The second-order valence-corrected chi connectivity index (χ2v) is 20.3. The van der Waals surface area contributed by atoms with Crippen LogP contribution in [0.15, 0.2) is 24.3 Å². The molecule has 2 unspecified atom stereocenters. The number of hydrogen-bond acceptors (Lipinski definition) is 5. The van der Waals surface area contributed by atoms with Gasteiger partial charge in [-0.25, -0.2) is 0 Å². The Morgan fingerprint density at radius 2 is 0.712 bits per heavy atom. The van der Waals surface area contributed by atoms with E-state index < -0.39 is 12.1 Å². The van der Waals surface area contributed by atoms with Gasteiger partial charge < -0.3 is 20.3 Å². The van der Waals surface area contributed by atoms with Crippen LogP contribution in [0.25, 0.3) is 0 Å². The van der Waals surface area contributed by atoms with E-state index in [4.69, 9.17) is 4.74 Å². The Morgan fingerprint density at radius 3 is 1.09 bits per heavy atom. The molecule has 0 heterocycles. The van der Waals surface area contributed by atoms with Crippen molar-refractivity contribution in [3.63, 3.8) is 0 Å². The third-order valence-electron chi connectivity index (χ3n) is 13.7. The van der Waals surface area contributed by atoms with E-state index >= 15 is 0 Å². The van der Waals surface area contributed by atoms with Gasteiger partial charge in [0.1, 0.15) is 0 Å². The molecule has 3 N–H and O–H groups in total. The van der Waals surface area contributed by atoms with Crippen LogP contribution in [0.4, 0.5) is 0 Å². The van der Waals surface area contributed by atoms with Gasteiger partial charge in [0.15, 0.2) is 0 Å². The first-order valence-corrected chi connectivity index (χ1v) is 29.6. The van der Waals surface area contributed by atoms with Crippen molar-refractivity contribution in [3.8, 4) is 0 Å². The van der Waals surface area contributed by atoms with Crippen LogP contribution in [0.2, 0.25) is 0 Å². The largest absolute Gasteiger partial charge is 0.466 e. The zero-order chi connectivity index (χ0) is 47.9. The maximum atomic E-state index is 12.4. The molecular formula is C60H115NO5. The van der Waals surface area contributed by atoms with Gasteiger partial charge in [0.2, 0.25) is 5.91 Å². The molecule has 390 valence electrons. The molecule has 0 fully saturated rings. The van der Waals surface area contributed by atoms with Crippen LogP contribution < -0.4 is 5.32 Å². The quantitative estimate of drug-likeness (QED) is 0.0321. The first kappa shape index (κ1) is 64.3. The highest BCUT2D eigenvalue weighted by Gasteiger charge is 2.20. The van der Waals surface area contributed by atoms with Crippen molar-refractivity contribution in [2.24, 2.45) is 0 Å². The number of nitrogens with one attached hydrogen (secondary N) is 1. The molecule has 0 aliphatic carbocycles. The number of aliphatic hydroxyl groups excluding tert-OH is 2. The highest BCUT2D eigenvalue weighted by Crippen LogP contribution is 2.17. The summed E-state index contributed by atoms with van der Waals surface area (Å²) < 4.78 is 5.47. The number of esters is 1. The fraction of sp³-hybridized carbons (Fsp3) is 0.900. The van der Waals surface area contributed by atoms with Crippen molar-refractivity contribution in [2.45, 2.75) is 334 Å². The van der Waals surface area contributed by atoms with Crippen LogP contribution in [-0.2, 0) is 14.3 Å². The number of ether oxygens (including phenoxy) is 1. The standard InChI is InChI=1S/C60H115NO5/c1-3-5-7-9-11-13-15-30-34-38-42-46-50-54-60(65)66-55-51-47-43-39-35-32-29-27-25-23-21-19-17-16-18-20-22-24-26-28-31-33-37-41-45-49-53-59(64)61-57(56-62)58(63)52-48-44-40-36-14-12-10-8-6-4-2/h13,15-16,18,57-58,62-63H,3-12,14,17,19-56H2,1-2H3,(H,61,64)/b15-13-,18-16-. The summed E-state index contributed by atoms with van der Waals surface area (Å²) in [6.07, 6.45) is 67.6. The topological polar surface area (TPSA) is 95.9 Å². The molecule has 6 nitrogen and oxygen atoms in total. The van der Waals surface area contributed by atoms with E-state index in [1.54, 1.807) is 0 Å². The van der Waals surface area contributed by atoms with Gasteiger partial charge in [0.25, 0.3) is 0 Å². The summed E-state index contributed by atoms with van der Waals surface area (Å²) in [5.41, 5.74) is 0. The number of carbonyl (C=O) groups is 2. The Labute approximate surface area is 411 Å². The first-order chi connectivity index (χ1) is 32.5. The van der Waals surface area contributed by atoms with Gasteiger partial charge in [-0.2, -0.15) is 0 Å². The van der Waals surface area contributed by atoms with Gasteiger partial charge in [-0.3, -0.25) is 9.59 Å². The van der Waals surface area contributed by atoms with Crippen molar-refractivity contribution in [3.05, 3.63) is 24.3 Å². The van der Waals surface area contributed by atoms with E-state index in [0.29, 0.717) is 25.9 Å². The first-order valence-electron chi connectivity index (χ1n) is 29.6. The molecule has 0 aromatic rings. The molecule has 0 saturated carbocycles. The van der Waals surface area contributed by atoms with E-state index in [9.17, 15) is 19.8 Å². The molecule has 0 aliphatic rings. The zero-order valence-corrected chi connectivity index (χ0v) is 44.4. The monoisotopic (exact) mass is 930 g/mol. The molecule has 0 rings (SSSR count). The van der Waals surface area contributed by atoms with Gasteiger partial charge >= 0.3 is 5.97 Å². The van der Waals surface area contributed by atoms with Crippen molar-refractivity contribution in [1.29, 1.82) is 0 Å². The summed E-state index contributed by atoms with van der Waals surface area (Å²) in [6.45, 7) is 4.93. The average Bonchev–Trinajstić information content (AvgIpc) is 3.32. The average molecular weight is 931 g/mol. The molecule has 66 heavy (non-hydrogen) atoms. The third-order valence-corrected chi connectivity index (χ3v) is 13.7. The van der Waals surface area contributed by atoms with Crippen molar-refractivity contribution >= 4 is 11.9 Å². The summed E-state index contributed by atoms with van der Waals surface area (Å²) in [4.78, 5) is 24.4. The number of hydrogen-bond donors (Lipinski definition) is 3. The molecule has 0 aromatic carbocycles. The lowest BCUT2D eigenvalue weighted by Crippen LogP contribution is -2.45. The lowest BCUT2D eigenvalue weighted by molar-refractivity contribution is -0.143. The fourth-order valence-electron chi connectivity index (χ4n) is 9.16. The minimum Gasteiger partial charge on any atom is -0.466 e. The second-order valence-electron chi connectivity index (χ2n) is 20.3. The van der Waals surface area contributed by atoms with Gasteiger partial charge in [0.05, 0.1) is 25.4 Å². The Balaban J connectivity index is 3.37. The van der Waals surface area contributed by atoms with Gasteiger partial charge in [-0.1, -0.05) is 256 Å². The Bertz CT molecular complexity index is 1030. The van der Waals surface area contributed by atoms with E-state index in [2.05, 4.69) is 43.5 Å². The number of amides is 1. The van der Waals surface area contributed by atoms with Crippen LogP contribution in [0.1, 0.15) is 322 Å². The maximum absolute atomic E-state index is 12.4. The number of rotatable bonds is 55. The minimum atomic E-state index is -0.663. The third kappa shape index (κ3) is 51.7. The molecule has 1 amide bonds. The van der Waals surface area contributed by atoms with Gasteiger partial charge in [0, 0.05) is 12.8 Å². The van der Waals surface area contributed by atoms with Crippen molar-refractivity contribution < 1.29 is 24.5 Å². The number of carbonyl (C=O) groups excluding carboxylic acids is 2. The molecule has 0 saturated heterocycles. The summed E-state index contributed by atoms with van der Waals surface area (Å²) >= 11 is 0. The minimum absolute atomic E-state index is 0.00500. The van der Waals surface area contributed by atoms with Crippen LogP contribution >= 0.6 is 0 Å². The lowest BCUT2D eigenvalue weighted by atomic mass is 10.0. The Morgan fingerprint density at radius 1 is 0.409 bits per heavy atom. The highest BCUT2D eigenvalue weighted by molar-refractivity contribution is 5.76. The maximum Gasteiger partial charge on any atom is 0.305 e. The van der Waals surface area contributed by atoms with Crippen LogP contribution in [0.3, 0.4) is 0 Å². The lowest BCUT2D eigenvalue weighted by Gasteiger charge is -2.22. The van der Waals surface area contributed by atoms with E-state index in [0.717, 1.165) is 44.9 Å². The Hall–Kier alpha value is -1.66. The SMILES string of the molecule is CCCCCC/C=C\CCCCCCCC(=O)OCCCCCCCCCCCCCC/C=C\CCCCCCCCCCCCC(=O)NC(CO)C(O)CCCCCCCCCCCC. The molecular weight excluding hydrogens is 815 g/mol. The molecule has 0 bridgehead atoms. The van der Waals surface area contributed by atoms with Crippen LogP contribution in [0.5, 0.6) is 0 Å². The molecule has 6 heteroatoms. The second kappa shape index (κ2) is 55.9. The zero-order valence-electron chi connectivity index (χ0n) is 44.4. The van der Waals surface area contributed by atoms with Crippen molar-refractivity contribution in [2.75, 3.05) is 13.2 Å². The molecule has 0 spiro atoms. The Kier molecular flexibility index (Phi) is 54.5. The van der Waals surface area contributed by atoms with Crippen molar-refractivity contribution in [1.82, 2.24) is 5.32 Å². The highest BCUT2D eigenvalue weighted by atomic mass is 16.5. The van der Waals surface area contributed by atoms with E-state index in [1.807, 2.05) is 0 Å². The molecule has 0 radical (unpaired) electrons. The molecule has 0 aliphatic heterocycles. The number of aliphatic hydroxyl groups is 2. The number of unbranched alkanes of at least 4 members (excludes halogenated alkanes) is 40. The molecule has 2 atom stereocenters. The summed E-state index contributed by atoms with van der Waals surface area (Å²) in [5.74, 6) is -0.0329. The number of allylic oxidation sites excluding steroid dienone is 4. The fourth-order valence-corrected chi connectivity index (χ4v) is 9.16. The normalized spacial score (nSPS) is 12.7.